The van der Waals surface area contributed by atoms with Gasteiger partial charge in [-0.3, -0.25) is 4.90 Å². The maximum absolute atomic E-state index is 4.49. The average Bonchev–Trinajstić information content (AvgIpc) is 2.38. The molecule has 0 unspecified atom stereocenters. The zero-order valence-corrected chi connectivity index (χ0v) is 10.3. The maximum atomic E-state index is 4.49. The summed E-state index contributed by atoms with van der Waals surface area (Å²) in [5.74, 6) is 0.985. The number of nitrogens with zero attached hydrogens (tertiary/aromatic N) is 2. The van der Waals surface area contributed by atoms with Crippen molar-refractivity contribution in [3.63, 3.8) is 0 Å². The largest absolute Gasteiger partial charge is 0.352 e. The van der Waals surface area contributed by atoms with Gasteiger partial charge >= 0.3 is 0 Å². The Morgan fingerprint density at radius 3 is 2.81 bits per heavy atom. The first-order valence-electron chi connectivity index (χ1n) is 5.56. The summed E-state index contributed by atoms with van der Waals surface area (Å²) in [6.45, 7) is 4.93. The van der Waals surface area contributed by atoms with Crippen LogP contribution in [0.1, 0.15) is 12.5 Å². The Morgan fingerprint density at radius 1 is 1.38 bits per heavy atom. The first kappa shape index (κ1) is 11.5. The minimum absolute atomic E-state index is 0.820. The molecular formula is C12H17N3S. The molecule has 1 aliphatic rings. The highest BCUT2D eigenvalue weighted by Crippen LogP contribution is 2.13. The van der Waals surface area contributed by atoms with E-state index in [-0.39, 0.29) is 0 Å². The molecule has 1 heterocycles. The lowest BCUT2D eigenvalue weighted by atomic mass is 10.2. The van der Waals surface area contributed by atoms with E-state index in [9.17, 15) is 0 Å². The molecule has 2 rings (SSSR count). The van der Waals surface area contributed by atoms with Crippen molar-refractivity contribution in [1.29, 1.82) is 0 Å². The molecule has 4 heteroatoms. The molecule has 0 atom stereocenters. The van der Waals surface area contributed by atoms with Crippen molar-refractivity contribution in [2.24, 2.45) is 4.99 Å². The van der Waals surface area contributed by atoms with Gasteiger partial charge in [0.2, 0.25) is 0 Å². The number of aliphatic imine (C=N–C) groups is 1. The standard InChI is InChI=1S/C12H17N3S/c1-2-15-9-13-12(14-10-15)16-8-11-6-4-3-5-7-11/h3-7H,2,8-10H2,1H3,(H,13,14). The van der Waals surface area contributed by atoms with Crippen molar-refractivity contribution < 1.29 is 0 Å². The van der Waals surface area contributed by atoms with E-state index in [1.807, 2.05) is 6.07 Å². The van der Waals surface area contributed by atoms with Crippen LogP contribution in [-0.4, -0.2) is 29.9 Å². The van der Waals surface area contributed by atoms with Crippen molar-refractivity contribution in [1.82, 2.24) is 10.2 Å². The molecule has 0 fully saturated rings. The van der Waals surface area contributed by atoms with Gasteiger partial charge in [0.05, 0.1) is 13.3 Å². The quantitative estimate of drug-likeness (QED) is 0.869. The maximum Gasteiger partial charge on any atom is 0.159 e. The van der Waals surface area contributed by atoms with Crippen molar-refractivity contribution in [2.45, 2.75) is 12.7 Å². The molecule has 1 aromatic carbocycles. The summed E-state index contributed by atoms with van der Waals surface area (Å²) in [5, 5.41) is 4.39. The minimum atomic E-state index is 0.820. The van der Waals surface area contributed by atoms with Gasteiger partial charge in [0.25, 0.3) is 0 Å². The Labute approximate surface area is 101 Å². The fraction of sp³-hybridized carbons (Fsp3) is 0.417. The van der Waals surface area contributed by atoms with E-state index >= 15 is 0 Å². The molecule has 3 nitrogen and oxygen atoms in total. The molecule has 0 bridgehead atoms. The van der Waals surface area contributed by atoms with Gasteiger partial charge in [-0.1, -0.05) is 49.0 Å². The monoisotopic (exact) mass is 235 g/mol. The van der Waals surface area contributed by atoms with Gasteiger partial charge in [0, 0.05) is 5.75 Å². The lowest BCUT2D eigenvalue weighted by Gasteiger charge is -2.24. The Morgan fingerprint density at radius 2 is 2.19 bits per heavy atom. The number of hydrogen-bond donors (Lipinski definition) is 1. The second kappa shape index (κ2) is 5.92. The van der Waals surface area contributed by atoms with Gasteiger partial charge in [0.1, 0.15) is 0 Å². The van der Waals surface area contributed by atoms with E-state index in [0.29, 0.717) is 0 Å². The van der Waals surface area contributed by atoms with Crippen molar-refractivity contribution in [2.75, 3.05) is 19.9 Å². The van der Waals surface area contributed by atoms with Crippen LogP contribution >= 0.6 is 11.8 Å². The number of benzene rings is 1. The van der Waals surface area contributed by atoms with Crippen LogP contribution in [0.3, 0.4) is 0 Å². The Balaban J connectivity index is 1.81. The van der Waals surface area contributed by atoms with Gasteiger partial charge in [-0.05, 0) is 12.1 Å². The summed E-state index contributed by atoms with van der Waals surface area (Å²) in [6.07, 6.45) is 0. The van der Waals surface area contributed by atoms with Gasteiger partial charge < -0.3 is 5.32 Å². The molecule has 0 radical (unpaired) electrons. The van der Waals surface area contributed by atoms with E-state index in [2.05, 4.69) is 46.4 Å². The van der Waals surface area contributed by atoms with Gasteiger partial charge in [-0.2, -0.15) is 0 Å². The van der Waals surface area contributed by atoms with Crippen LogP contribution in [0.5, 0.6) is 0 Å². The number of thioether (sulfide) groups is 1. The highest BCUT2D eigenvalue weighted by Gasteiger charge is 2.09. The number of amidine groups is 1. The number of nitrogens with one attached hydrogen (secondary N) is 1. The molecule has 0 aromatic heterocycles. The topological polar surface area (TPSA) is 27.6 Å². The molecule has 0 saturated carbocycles. The van der Waals surface area contributed by atoms with E-state index in [1.54, 1.807) is 11.8 Å². The second-order valence-electron chi connectivity index (χ2n) is 3.70. The third kappa shape index (κ3) is 3.25. The summed E-state index contributed by atoms with van der Waals surface area (Å²) in [4.78, 5) is 6.75. The summed E-state index contributed by atoms with van der Waals surface area (Å²) >= 11 is 1.78. The fourth-order valence-electron chi connectivity index (χ4n) is 1.48. The van der Waals surface area contributed by atoms with Crippen molar-refractivity contribution >= 4 is 16.9 Å². The predicted octanol–water partition coefficient (Wildman–Crippen LogP) is 2.12. The van der Waals surface area contributed by atoms with Gasteiger partial charge in [-0.25, -0.2) is 4.99 Å². The highest BCUT2D eigenvalue weighted by atomic mass is 32.2. The van der Waals surface area contributed by atoms with Crippen LogP contribution in [-0.2, 0) is 5.75 Å². The summed E-state index contributed by atoms with van der Waals surface area (Å²) in [7, 11) is 0. The van der Waals surface area contributed by atoms with Crippen molar-refractivity contribution in [3.8, 4) is 0 Å². The van der Waals surface area contributed by atoms with E-state index in [4.69, 9.17) is 0 Å². The number of rotatable bonds is 3. The second-order valence-corrected chi connectivity index (χ2v) is 4.66. The minimum Gasteiger partial charge on any atom is -0.352 e. The molecule has 0 aliphatic carbocycles. The van der Waals surface area contributed by atoms with Crippen LogP contribution in [0, 0.1) is 0 Å². The Hall–Kier alpha value is -1.00. The molecule has 16 heavy (non-hydrogen) atoms. The lowest BCUT2D eigenvalue weighted by Crippen LogP contribution is -2.41. The third-order valence-electron chi connectivity index (χ3n) is 2.53. The first-order valence-corrected chi connectivity index (χ1v) is 6.54. The van der Waals surface area contributed by atoms with Crippen LogP contribution in [0.15, 0.2) is 35.3 Å². The smallest absolute Gasteiger partial charge is 0.159 e. The van der Waals surface area contributed by atoms with Crippen LogP contribution in [0.4, 0.5) is 0 Å². The number of hydrogen-bond acceptors (Lipinski definition) is 4. The fourth-order valence-corrected chi connectivity index (χ4v) is 2.30. The lowest BCUT2D eigenvalue weighted by molar-refractivity contribution is 0.281. The van der Waals surface area contributed by atoms with Crippen molar-refractivity contribution in [3.05, 3.63) is 35.9 Å². The Kier molecular flexibility index (Phi) is 4.25. The zero-order valence-electron chi connectivity index (χ0n) is 9.52. The van der Waals surface area contributed by atoms with Crippen LogP contribution in [0.2, 0.25) is 0 Å². The SMILES string of the molecule is CCN1CN=C(SCc2ccccc2)NC1. The molecular weight excluding hydrogens is 218 g/mol. The molecule has 0 amide bonds. The predicted molar refractivity (Wildman–Crippen MR) is 70.4 cm³/mol. The Bertz CT molecular complexity index is 351. The summed E-state index contributed by atoms with van der Waals surface area (Å²) < 4.78 is 0. The molecule has 86 valence electrons. The molecule has 1 aromatic rings. The normalized spacial score (nSPS) is 16.7. The zero-order chi connectivity index (χ0) is 11.2. The van der Waals surface area contributed by atoms with E-state index < -0.39 is 0 Å². The van der Waals surface area contributed by atoms with E-state index in [0.717, 1.165) is 30.8 Å². The first-order chi connectivity index (χ1) is 7.88. The van der Waals surface area contributed by atoms with Crippen LogP contribution < -0.4 is 5.32 Å². The molecule has 1 N–H and O–H groups in total. The van der Waals surface area contributed by atoms with Gasteiger partial charge in [-0.15, -0.1) is 0 Å². The molecule has 1 aliphatic heterocycles. The molecule has 0 spiro atoms. The van der Waals surface area contributed by atoms with Crippen LogP contribution in [0.25, 0.3) is 0 Å². The summed E-state index contributed by atoms with van der Waals surface area (Å²) in [5.41, 5.74) is 1.34. The molecule has 0 saturated heterocycles. The van der Waals surface area contributed by atoms with E-state index in [1.165, 1.54) is 5.56 Å². The highest BCUT2D eigenvalue weighted by molar-refractivity contribution is 8.13. The summed E-state index contributed by atoms with van der Waals surface area (Å²) in [6, 6.07) is 10.5. The van der Waals surface area contributed by atoms with Gasteiger partial charge in [0.15, 0.2) is 5.17 Å². The average molecular weight is 235 g/mol. The third-order valence-corrected chi connectivity index (χ3v) is 3.56.